The molecule has 8 rings (SSSR count). The van der Waals surface area contributed by atoms with Gasteiger partial charge in [-0.3, -0.25) is 4.90 Å². The van der Waals surface area contributed by atoms with E-state index in [9.17, 15) is 9.90 Å². The smallest absolute Gasteiger partial charge is 0.319 e. The van der Waals surface area contributed by atoms with Crippen molar-refractivity contribution in [3.05, 3.63) is 101 Å². The maximum Gasteiger partial charge on any atom is 0.319 e. The number of ether oxygens (including phenoxy) is 2. The van der Waals surface area contributed by atoms with Crippen LogP contribution >= 0.6 is 0 Å². The molecular weight excluding hydrogens is 562 g/mol. The van der Waals surface area contributed by atoms with E-state index in [1.54, 1.807) is 0 Å². The standard InChI is InChI=1S/C38H47N3O4/c1-25-34(23-41(2)22-26-6-4-3-5-7-26)44-36(45-35(25)31-10-8-27(24-42)9-11-31)32-12-14-33(15-13-32)39-37(43)40-38-19-28-16-29(20-38)18-30(17-28)21-38/h3-15,25,28-30,34-36,42H,16-24H2,1-2H3,(H2,39,40,43)/t25-,28?,29?,30?,34+,35+,36+,38?/m0/s1. The van der Waals surface area contributed by atoms with Crippen molar-refractivity contribution < 1.29 is 19.4 Å². The molecule has 1 heterocycles. The quantitative estimate of drug-likeness (QED) is 0.239. The molecule has 4 saturated carbocycles. The van der Waals surface area contributed by atoms with E-state index in [1.807, 2.05) is 42.5 Å². The lowest BCUT2D eigenvalue weighted by Crippen LogP contribution is -2.60. The summed E-state index contributed by atoms with van der Waals surface area (Å²) in [6.45, 7) is 3.80. The number of aliphatic hydroxyl groups is 1. The molecule has 7 nitrogen and oxygen atoms in total. The van der Waals surface area contributed by atoms with Crippen molar-refractivity contribution in [1.29, 1.82) is 0 Å². The van der Waals surface area contributed by atoms with Gasteiger partial charge in [0, 0.05) is 35.8 Å². The van der Waals surface area contributed by atoms with Crippen LogP contribution in [-0.4, -0.2) is 41.3 Å². The predicted molar refractivity (Wildman–Crippen MR) is 175 cm³/mol. The zero-order valence-corrected chi connectivity index (χ0v) is 26.5. The molecule has 0 unspecified atom stereocenters. The highest BCUT2D eigenvalue weighted by molar-refractivity contribution is 5.89. The number of carbonyl (C=O) groups is 1. The average Bonchev–Trinajstić information content (AvgIpc) is 3.02. The second-order valence-corrected chi connectivity index (χ2v) is 14.4. The Morgan fingerprint density at radius 1 is 0.844 bits per heavy atom. The minimum Gasteiger partial charge on any atom is -0.392 e. The largest absolute Gasteiger partial charge is 0.392 e. The van der Waals surface area contributed by atoms with Crippen LogP contribution < -0.4 is 10.6 Å². The molecular formula is C38H47N3O4. The highest BCUT2D eigenvalue weighted by atomic mass is 16.7. The summed E-state index contributed by atoms with van der Waals surface area (Å²) in [5.74, 6) is 2.46. The number of urea groups is 1. The molecule has 238 valence electrons. The van der Waals surface area contributed by atoms with Crippen LogP contribution in [0.5, 0.6) is 0 Å². The number of hydrogen-bond donors (Lipinski definition) is 3. The van der Waals surface area contributed by atoms with Crippen molar-refractivity contribution >= 4 is 11.7 Å². The Morgan fingerprint density at radius 2 is 1.47 bits per heavy atom. The topological polar surface area (TPSA) is 83.1 Å². The minimum atomic E-state index is -0.547. The van der Waals surface area contributed by atoms with Gasteiger partial charge >= 0.3 is 6.03 Å². The SMILES string of the molecule is C[C@H]1[C@@H](CN(C)Cc2ccccc2)O[C@@H](c2ccc(NC(=O)NC34CC5CC(CC(C5)C3)C4)cc2)O[C@H]1c1ccc(CO)cc1. The van der Waals surface area contributed by atoms with Crippen molar-refractivity contribution in [2.75, 3.05) is 18.9 Å². The Hall–Kier alpha value is -3.23. The Bertz CT molecular complexity index is 1410. The molecule has 5 fully saturated rings. The summed E-state index contributed by atoms with van der Waals surface area (Å²) in [6, 6.07) is 26.3. The highest BCUT2D eigenvalue weighted by Gasteiger charge is 2.51. The molecule has 0 aromatic heterocycles. The molecule has 3 N–H and O–H groups in total. The van der Waals surface area contributed by atoms with Gasteiger partial charge in [0.2, 0.25) is 0 Å². The number of hydrogen-bond acceptors (Lipinski definition) is 5. The van der Waals surface area contributed by atoms with Gasteiger partial charge in [-0.05, 0) is 92.1 Å². The molecule has 2 amide bonds. The van der Waals surface area contributed by atoms with Crippen molar-refractivity contribution in [2.24, 2.45) is 23.7 Å². The highest BCUT2D eigenvalue weighted by Crippen LogP contribution is 2.55. The molecule has 45 heavy (non-hydrogen) atoms. The van der Waals surface area contributed by atoms with Crippen molar-refractivity contribution in [1.82, 2.24) is 10.2 Å². The predicted octanol–water partition coefficient (Wildman–Crippen LogP) is 7.19. The number of amides is 2. The van der Waals surface area contributed by atoms with Gasteiger partial charge in [-0.15, -0.1) is 0 Å². The summed E-state index contributed by atoms with van der Waals surface area (Å²) in [6.07, 6.45) is 6.67. The van der Waals surface area contributed by atoms with Crippen LogP contribution in [0.15, 0.2) is 78.9 Å². The number of rotatable bonds is 9. The molecule has 3 aromatic rings. The summed E-state index contributed by atoms with van der Waals surface area (Å²) in [5.41, 5.74) is 4.88. The lowest BCUT2D eigenvalue weighted by Gasteiger charge is -2.56. The number of nitrogens with one attached hydrogen (secondary N) is 2. The second kappa shape index (κ2) is 12.9. The lowest BCUT2D eigenvalue weighted by atomic mass is 9.53. The van der Waals surface area contributed by atoms with Crippen LogP contribution in [0.1, 0.15) is 80.1 Å². The first-order chi connectivity index (χ1) is 21.8. The van der Waals surface area contributed by atoms with E-state index in [-0.39, 0.29) is 36.3 Å². The zero-order valence-electron chi connectivity index (χ0n) is 26.5. The van der Waals surface area contributed by atoms with Gasteiger partial charge in [0.25, 0.3) is 0 Å². The molecule has 1 saturated heterocycles. The van der Waals surface area contributed by atoms with Crippen LogP contribution in [0.2, 0.25) is 0 Å². The third-order valence-corrected chi connectivity index (χ3v) is 10.8. The van der Waals surface area contributed by atoms with Crippen LogP contribution in [-0.2, 0) is 22.6 Å². The van der Waals surface area contributed by atoms with E-state index in [0.717, 1.165) is 72.5 Å². The number of carbonyl (C=O) groups excluding carboxylic acids is 1. The van der Waals surface area contributed by atoms with Gasteiger partial charge in [-0.25, -0.2) is 4.79 Å². The number of benzene rings is 3. The van der Waals surface area contributed by atoms with E-state index in [1.165, 1.54) is 24.8 Å². The lowest BCUT2D eigenvalue weighted by molar-refractivity contribution is -0.276. The molecule has 7 heteroatoms. The maximum absolute atomic E-state index is 13.2. The van der Waals surface area contributed by atoms with Crippen molar-refractivity contribution in [2.45, 2.75) is 82.6 Å². The van der Waals surface area contributed by atoms with E-state index in [2.05, 4.69) is 65.9 Å². The normalized spacial score (nSPS) is 32.0. The van der Waals surface area contributed by atoms with Crippen LogP contribution in [0.4, 0.5) is 10.5 Å². The van der Waals surface area contributed by atoms with Crippen molar-refractivity contribution in [3.63, 3.8) is 0 Å². The molecule has 3 aromatic carbocycles. The van der Waals surface area contributed by atoms with E-state index in [0.29, 0.717) is 0 Å². The summed E-state index contributed by atoms with van der Waals surface area (Å²) in [5, 5.41) is 16.1. The molecule has 0 spiro atoms. The fourth-order valence-electron chi connectivity index (χ4n) is 8.99. The van der Waals surface area contributed by atoms with Gasteiger partial charge in [-0.2, -0.15) is 0 Å². The average molecular weight is 610 g/mol. The van der Waals surface area contributed by atoms with Gasteiger partial charge in [0.1, 0.15) is 0 Å². The third-order valence-electron chi connectivity index (χ3n) is 10.8. The minimum absolute atomic E-state index is 0.0148. The maximum atomic E-state index is 13.2. The molecule has 4 atom stereocenters. The second-order valence-electron chi connectivity index (χ2n) is 14.4. The van der Waals surface area contributed by atoms with E-state index >= 15 is 0 Å². The summed E-state index contributed by atoms with van der Waals surface area (Å²) in [4.78, 5) is 15.5. The molecule has 5 aliphatic rings. The Morgan fingerprint density at radius 3 is 2.09 bits per heavy atom. The van der Waals surface area contributed by atoms with Crippen molar-refractivity contribution in [3.8, 4) is 0 Å². The number of anilines is 1. The first kappa shape index (κ1) is 30.4. The monoisotopic (exact) mass is 609 g/mol. The Kier molecular flexibility index (Phi) is 8.71. The third kappa shape index (κ3) is 6.82. The van der Waals surface area contributed by atoms with E-state index in [4.69, 9.17) is 9.47 Å². The Labute approximate surface area is 267 Å². The summed E-state index contributed by atoms with van der Waals surface area (Å²) >= 11 is 0. The Balaban J connectivity index is 1.04. The van der Waals surface area contributed by atoms with Gasteiger partial charge in [0.15, 0.2) is 6.29 Å². The number of nitrogens with zero attached hydrogens (tertiary/aromatic N) is 1. The first-order valence-corrected chi connectivity index (χ1v) is 16.8. The van der Waals surface area contributed by atoms with Crippen LogP contribution in [0, 0.1) is 23.7 Å². The number of likely N-dealkylation sites (N-methyl/N-ethyl adjacent to an activating group) is 1. The molecule has 1 aliphatic heterocycles. The fraction of sp³-hybridized carbons (Fsp3) is 0.500. The van der Waals surface area contributed by atoms with Crippen LogP contribution in [0.3, 0.4) is 0 Å². The molecule has 0 radical (unpaired) electrons. The summed E-state index contributed by atoms with van der Waals surface area (Å²) < 4.78 is 13.3. The zero-order chi connectivity index (χ0) is 31.0. The van der Waals surface area contributed by atoms with Gasteiger partial charge in [-0.1, -0.05) is 73.7 Å². The van der Waals surface area contributed by atoms with Crippen LogP contribution in [0.25, 0.3) is 0 Å². The number of aliphatic hydroxyl groups excluding tert-OH is 1. The molecule has 4 aliphatic carbocycles. The van der Waals surface area contributed by atoms with Gasteiger partial charge in [0.05, 0.1) is 18.8 Å². The van der Waals surface area contributed by atoms with E-state index < -0.39 is 6.29 Å². The first-order valence-electron chi connectivity index (χ1n) is 16.8. The van der Waals surface area contributed by atoms with Gasteiger partial charge < -0.3 is 25.2 Å². The molecule has 4 bridgehead atoms. The fourth-order valence-corrected chi connectivity index (χ4v) is 8.99. The summed E-state index contributed by atoms with van der Waals surface area (Å²) in [7, 11) is 2.13.